The van der Waals surface area contributed by atoms with Crippen molar-refractivity contribution >= 4 is 12.1 Å². The molecule has 0 saturated carbocycles. The Hall–Kier alpha value is -1.94. The molecule has 2 unspecified atom stereocenters. The maximum atomic E-state index is 12.7. The molecule has 1 aromatic rings. The number of rotatable bonds is 5. The van der Waals surface area contributed by atoms with Crippen LogP contribution in [0, 0.1) is 5.41 Å². The Balaban J connectivity index is 2.52. The summed E-state index contributed by atoms with van der Waals surface area (Å²) >= 11 is 0. The highest BCUT2D eigenvalue weighted by Gasteiger charge is 2.52. The van der Waals surface area contributed by atoms with Crippen molar-refractivity contribution < 1.29 is 19.1 Å². The summed E-state index contributed by atoms with van der Waals surface area (Å²) in [5, 5.41) is 0. The van der Waals surface area contributed by atoms with Gasteiger partial charge in [-0.25, -0.2) is 0 Å². The molecule has 0 aromatic heterocycles. The van der Waals surface area contributed by atoms with E-state index in [1.165, 1.54) is 0 Å². The molecule has 4 nitrogen and oxygen atoms in total. The second-order valence-electron chi connectivity index (χ2n) is 5.11. The van der Waals surface area contributed by atoms with Gasteiger partial charge in [0.05, 0.1) is 11.7 Å². The van der Waals surface area contributed by atoms with E-state index < -0.39 is 11.7 Å². The lowest BCUT2D eigenvalue weighted by molar-refractivity contribution is -0.169. The fourth-order valence-electron chi connectivity index (χ4n) is 2.32. The maximum absolute atomic E-state index is 12.7. The molecule has 0 amide bonds. The molecule has 4 heteroatoms. The van der Waals surface area contributed by atoms with Gasteiger partial charge in [0.1, 0.15) is 12.0 Å². The molecule has 1 aliphatic rings. The summed E-state index contributed by atoms with van der Waals surface area (Å²) in [5.41, 5.74) is -0.953. The Labute approximate surface area is 118 Å². The van der Waals surface area contributed by atoms with Gasteiger partial charge in [-0.2, -0.15) is 0 Å². The number of carbonyl (C=O) groups is 2. The first-order valence-electron chi connectivity index (χ1n) is 6.58. The minimum Gasteiger partial charge on any atom is -0.463 e. The number of Topliss-reactive ketones (excluding diaryl/α,β-unsaturated/α-hetero) is 1. The number of hydrogen-bond acceptors (Lipinski definition) is 4. The fraction of sp³-hybridized carbons (Fsp3) is 0.375. The number of ether oxygens (including phenoxy) is 2. The van der Waals surface area contributed by atoms with E-state index in [1.807, 2.05) is 13.8 Å². The lowest BCUT2D eigenvalue weighted by Gasteiger charge is -2.39. The van der Waals surface area contributed by atoms with Gasteiger partial charge in [0.2, 0.25) is 6.29 Å². The quantitative estimate of drug-likeness (QED) is 0.470. The molecular weight excluding hydrogens is 256 g/mol. The van der Waals surface area contributed by atoms with Gasteiger partial charge in [-0.15, -0.1) is 6.58 Å². The molecule has 106 valence electrons. The van der Waals surface area contributed by atoms with E-state index in [2.05, 4.69) is 6.58 Å². The Kier molecular flexibility index (Phi) is 4.04. The zero-order chi connectivity index (χ0) is 14.8. The standard InChI is InChI=1S/C16H18O4/c1-4-9-16(10-17)14(18)12-7-5-6-8-13(12)20-15(16)19-11(2)3/h4-8,10-11,15H,1,9H2,2-3H3. The van der Waals surface area contributed by atoms with Crippen molar-refractivity contribution in [2.45, 2.75) is 32.7 Å². The van der Waals surface area contributed by atoms with Gasteiger partial charge >= 0.3 is 0 Å². The van der Waals surface area contributed by atoms with Crippen LogP contribution in [0.3, 0.4) is 0 Å². The van der Waals surface area contributed by atoms with Gasteiger partial charge in [0, 0.05) is 0 Å². The number of aldehydes is 1. The van der Waals surface area contributed by atoms with Crippen LogP contribution in [0.4, 0.5) is 0 Å². The zero-order valence-corrected chi connectivity index (χ0v) is 11.7. The summed E-state index contributed by atoms with van der Waals surface area (Å²) in [6, 6.07) is 6.88. The summed E-state index contributed by atoms with van der Waals surface area (Å²) in [4.78, 5) is 24.4. The number of ketones is 1. The van der Waals surface area contributed by atoms with Crippen molar-refractivity contribution in [3.05, 3.63) is 42.5 Å². The van der Waals surface area contributed by atoms with Gasteiger partial charge in [0.25, 0.3) is 0 Å². The average Bonchev–Trinajstić information content (AvgIpc) is 2.43. The predicted molar refractivity (Wildman–Crippen MR) is 74.7 cm³/mol. The van der Waals surface area contributed by atoms with Crippen LogP contribution in [-0.2, 0) is 9.53 Å². The van der Waals surface area contributed by atoms with E-state index in [9.17, 15) is 9.59 Å². The largest absolute Gasteiger partial charge is 0.463 e. The van der Waals surface area contributed by atoms with Crippen LogP contribution in [-0.4, -0.2) is 24.5 Å². The number of fused-ring (bicyclic) bond motifs is 1. The summed E-state index contributed by atoms with van der Waals surface area (Å²) in [6.07, 6.45) is 1.25. The molecule has 2 rings (SSSR count). The number of hydrogen-bond donors (Lipinski definition) is 0. The Morgan fingerprint density at radius 3 is 2.75 bits per heavy atom. The van der Waals surface area contributed by atoms with Gasteiger partial charge in [-0.05, 0) is 32.4 Å². The van der Waals surface area contributed by atoms with E-state index in [0.29, 0.717) is 17.6 Å². The number of carbonyl (C=O) groups excluding carboxylic acids is 2. The number of benzene rings is 1. The molecule has 0 N–H and O–H groups in total. The fourth-order valence-corrected chi connectivity index (χ4v) is 2.32. The molecule has 0 bridgehead atoms. The van der Waals surface area contributed by atoms with Crippen LogP contribution in [0.15, 0.2) is 36.9 Å². The van der Waals surface area contributed by atoms with Crippen molar-refractivity contribution in [1.29, 1.82) is 0 Å². The Morgan fingerprint density at radius 1 is 1.45 bits per heavy atom. The van der Waals surface area contributed by atoms with Crippen molar-refractivity contribution in [3.8, 4) is 5.75 Å². The molecule has 0 spiro atoms. The van der Waals surface area contributed by atoms with Crippen LogP contribution in [0.25, 0.3) is 0 Å². The highest BCUT2D eigenvalue weighted by atomic mass is 16.7. The third-order valence-electron chi connectivity index (χ3n) is 3.30. The molecule has 0 fully saturated rings. The first kappa shape index (κ1) is 14.5. The molecule has 1 heterocycles. The van der Waals surface area contributed by atoms with E-state index in [4.69, 9.17) is 9.47 Å². The van der Waals surface area contributed by atoms with Gasteiger partial charge in [-0.3, -0.25) is 4.79 Å². The van der Waals surface area contributed by atoms with E-state index in [0.717, 1.165) is 0 Å². The Morgan fingerprint density at radius 2 is 2.15 bits per heavy atom. The van der Waals surface area contributed by atoms with Gasteiger partial charge in [-0.1, -0.05) is 18.2 Å². The normalized spacial score (nSPS) is 24.9. The molecule has 0 saturated heterocycles. The maximum Gasteiger partial charge on any atom is 0.220 e. The van der Waals surface area contributed by atoms with Gasteiger partial charge in [0.15, 0.2) is 11.2 Å². The lowest BCUT2D eigenvalue weighted by Crippen LogP contribution is -2.52. The summed E-state index contributed by atoms with van der Waals surface area (Å²) in [6.45, 7) is 7.29. The third kappa shape index (κ3) is 2.27. The molecule has 0 radical (unpaired) electrons. The summed E-state index contributed by atoms with van der Waals surface area (Å²) < 4.78 is 11.4. The van der Waals surface area contributed by atoms with Crippen LogP contribution in [0.2, 0.25) is 0 Å². The highest BCUT2D eigenvalue weighted by molar-refractivity contribution is 6.11. The second-order valence-corrected chi connectivity index (χ2v) is 5.11. The van der Waals surface area contributed by atoms with Crippen LogP contribution in [0.5, 0.6) is 5.75 Å². The third-order valence-corrected chi connectivity index (χ3v) is 3.30. The van der Waals surface area contributed by atoms with Crippen molar-refractivity contribution in [2.75, 3.05) is 0 Å². The van der Waals surface area contributed by atoms with Crippen molar-refractivity contribution in [1.82, 2.24) is 0 Å². The van der Waals surface area contributed by atoms with Crippen LogP contribution in [0.1, 0.15) is 30.6 Å². The molecule has 1 aliphatic heterocycles. The second kappa shape index (κ2) is 5.59. The monoisotopic (exact) mass is 274 g/mol. The minimum absolute atomic E-state index is 0.165. The van der Waals surface area contributed by atoms with Crippen molar-refractivity contribution in [2.24, 2.45) is 5.41 Å². The predicted octanol–water partition coefficient (Wildman–Crippen LogP) is 2.77. The molecule has 20 heavy (non-hydrogen) atoms. The Bertz CT molecular complexity index is 535. The van der Waals surface area contributed by atoms with E-state index in [1.54, 1.807) is 30.3 Å². The molecule has 1 aromatic carbocycles. The first-order valence-corrected chi connectivity index (χ1v) is 6.58. The summed E-state index contributed by atoms with van der Waals surface area (Å²) in [7, 11) is 0. The number of para-hydroxylation sites is 1. The van der Waals surface area contributed by atoms with E-state index >= 15 is 0 Å². The molecule has 2 atom stereocenters. The van der Waals surface area contributed by atoms with E-state index in [-0.39, 0.29) is 18.3 Å². The topological polar surface area (TPSA) is 52.6 Å². The van der Waals surface area contributed by atoms with Crippen molar-refractivity contribution in [3.63, 3.8) is 0 Å². The zero-order valence-electron chi connectivity index (χ0n) is 11.7. The molecular formula is C16H18O4. The number of allylic oxidation sites excluding steroid dienone is 1. The average molecular weight is 274 g/mol. The first-order chi connectivity index (χ1) is 9.55. The SMILES string of the molecule is C=CCC1(C=O)C(=O)c2ccccc2OC1OC(C)C. The van der Waals surface area contributed by atoms with Gasteiger partial charge < -0.3 is 14.3 Å². The summed E-state index contributed by atoms with van der Waals surface area (Å²) in [5.74, 6) is 0.171. The van der Waals surface area contributed by atoms with Crippen LogP contribution < -0.4 is 4.74 Å². The minimum atomic E-state index is -1.36. The lowest BCUT2D eigenvalue weighted by atomic mass is 9.76. The smallest absolute Gasteiger partial charge is 0.220 e. The van der Waals surface area contributed by atoms with Crippen LogP contribution >= 0.6 is 0 Å². The molecule has 0 aliphatic carbocycles. The highest BCUT2D eigenvalue weighted by Crippen LogP contribution is 2.41.